The molecule has 0 aliphatic rings. The first kappa shape index (κ1) is 11.3. The molecule has 0 saturated carbocycles. The smallest absolute Gasteiger partial charge is 0.146 e. The molecule has 0 aliphatic heterocycles. The van der Waals surface area contributed by atoms with Crippen molar-refractivity contribution >= 4 is 17.3 Å². The third-order valence-corrected chi connectivity index (χ3v) is 1.97. The summed E-state index contributed by atoms with van der Waals surface area (Å²) in [7, 11) is 0. The van der Waals surface area contributed by atoms with Crippen LogP contribution < -0.4 is 5.32 Å². The Labute approximate surface area is 89.3 Å². The molecule has 78 valence electrons. The Morgan fingerprint density at radius 2 is 2.00 bits per heavy atom. The van der Waals surface area contributed by atoms with E-state index < -0.39 is 0 Å². The molecule has 0 heterocycles. The zero-order valence-electron chi connectivity index (χ0n) is 8.70. The van der Waals surface area contributed by atoms with E-state index in [0.717, 1.165) is 0 Å². The minimum atomic E-state index is -0.265. The van der Waals surface area contributed by atoms with Gasteiger partial charge in [-0.1, -0.05) is 32.4 Å². The van der Waals surface area contributed by atoms with E-state index in [4.69, 9.17) is 11.6 Å². The summed E-state index contributed by atoms with van der Waals surface area (Å²) in [6.45, 7) is 6.97. The molecule has 0 radical (unpaired) electrons. The third kappa shape index (κ3) is 3.54. The van der Waals surface area contributed by atoms with Crippen LogP contribution in [0.3, 0.4) is 0 Å². The Bertz CT molecular complexity index is 318. The molecule has 1 aromatic carbocycles. The molecule has 0 unspecified atom stereocenters. The van der Waals surface area contributed by atoms with Crippen LogP contribution in [0.2, 0.25) is 5.02 Å². The quantitative estimate of drug-likeness (QED) is 0.788. The summed E-state index contributed by atoms with van der Waals surface area (Å²) in [4.78, 5) is 0. The second kappa shape index (κ2) is 4.18. The van der Waals surface area contributed by atoms with Gasteiger partial charge in [-0.3, -0.25) is 0 Å². The summed E-state index contributed by atoms with van der Waals surface area (Å²) in [5, 5.41) is 3.58. The van der Waals surface area contributed by atoms with Crippen molar-refractivity contribution in [1.82, 2.24) is 0 Å². The lowest BCUT2D eigenvalue weighted by Crippen LogP contribution is -2.19. The summed E-state index contributed by atoms with van der Waals surface area (Å²) < 4.78 is 13.2. The largest absolute Gasteiger partial charge is 0.382 e. The van der Waals surface area contributed by atoms with Crippen LogP contribution in [-0.2, 0) is 0 Å². The molecule has 0 bridgehead atoms. The number of hydrogen-bond acceptors (Lipinski definition) is 1. The van der Waals surface area contributed by atoms with E-state index in [9.17, 15) is 4.39 Å². The Morgan fingerprint density at radius 3 is 2.57 bits per heavy atom. The maximum Gasteiger partial charge on any atom is 0.146 e. The number of halogens is 2. The number of anilines is 1. The lowest BCUT2D eigenvalue weighted by molar-refractivity contribution is 0.442. The predicted molar refractivity (Wildman–Crippen MR) is 59.4 cm³/mol. The zero-order chi connectivity index (χ0) is 10.8. The monoisotopic (exact) mass is 215 g/mol. The minimum absolute atomic E-state index is 0.120. The lowest BCUT2D eigenvalue weighted by Gasteiger charge is -2.19. The van der Waals surface area contributed by atoms with Gasteiger partial charge >= 0.3 is 0 Å². The van der Waals surface area contributed by atoms with E-state index >= 15 is 0 Å². The first-order valence-corrected chi connectivity index (χ1v) is 4.95. The first-order chi connectivity index (χ1) is 6.38. The first-order valence-electron chi connectivity index (χ1n) is 4.57. The van der Waals surface area contributed by atoms with Crippen molar-refractivity contribution in [3.63, 3.8) is 0 Å². The summed E-state index contributed by atoms with van der Waals surface area (Å²) >= 11 is 5.76. The van der Waals surface area contributed by atoms with Crippen LogP contribution in [0, 0.1) is 11.2 Å². The van der Waals surface area contributed by atoms with Crippen LogP contribution in [0.4, 0.5) is 10.1 Å². The van der Waals surface area contributed by atoms with E-state index in [-0.39, 0.29) is 11.2 Å². The summed E-state index contributed by atoms with van der Waals surface area (Å²) in [6, 6.07) is 4.51. The Hall–Kier alpha value is -0.760. The van der Waals surface area contributed by atoms with Gasteiger partial charge in [0.15, 0.2) is 0 Å². The van der Waals surface area contributed by atoms with Crippen LogP contribution >= 0.6 is 11.6 Å². The molecule has 3 heteroatoms. The highest BCUT2D eigenvalue weighted by Crippen LogP contribution is 2.21. The summed E-state index contributed by atoms with van der Waals surface area (Å²) in [6.07, 6.45) is 0. The molecule has 0 amide bonds. The lowest BCUT2D eigenvalue weighted by atomic mass is 9.97. The third-order valence-electron chi connectivity index (χ3n) is 1.74. The molecule has 1 N–H and O–H groups in total. The van der Waals surface area contributed by atoms with E-state index in [1.165, 1.54) is 6.07 Å². The van der Waals surface area contributed by atoms with Crippen LogP contribution in [0.25, 0.3) is 0 Å². The number of nitrogens with one attached hydrogen (secondary N) is 1. The van der Waals surface area contributed by atoms with Crippen molar-refractivity contribution in [2.75, 3.05) is 11.9 Å². The molecule has 0 saturated heterocycles. The number of rotatable bonds is 2. The van der Waals surface area contributed by atoms with E-state index in [2.05, 4.69) is 26.1 Å². The SMILES string of the molecule is CC(C)(C)CNc1cc(Cl)ccc1F. The molecular formula is C11H15ClFN. The average molecular weight is 216 g/mol. The van der Waals surface area contributed by atoms with Crippen molar-refractivity contribution in [2.24, 2.45) is 5.41 Å². The van der Waals surface area contributed by atoms with E-state index in [1.807, 2.05) is 0 Å². The standard InChI is InChI=1S/C11H15ClFN/c1-11(2,3)7-14-10-6-8(12)4-5-9(10)13/h4-6,14H,7H2,1-3H3. The van der Waals surface area contributed by atoms with Crippen LogP contribution in [-0.4, -0.2) is 6.54 Å². The predicted octanol–water partition coefficient (Wildman–Crippen LogP) is 3.94. The van der Waals surface area contributed by atoms with Gasteiger partial charge in [0.1, 0.15) is 5.82 Å². The van der Waals surface area contributed by atoms with Gasteiger partial charge < -0.3 is 5.32 Å². The van der Waals surface area contributed by atoms with Crippen LogP contribution in [0.15, 0.2) is 18.2 Å². The number of benzene rings is 1. The highest BCUT2D eigenvalue weighted by molar-refractivity contribution is 6.30. The fourth-order valence-electron chi connectivity index (χ4n) is 0.993. The fourth-order valence-corrected chi connectivity index (χ4v) is 1.17. The van der Waals surface area contributed by atoms with Crippen molar-refractivity contribution in [3.8, 4) is 0 Å². The van der Waals surface area contributed by atoms with Gasteiger partial charge in [0.05, 0.1) is 5.69 Å². The maximum absolute atomic E-state index is 13.2. The Balaban J connectivity index is 2.72. The van der Waals surface area contributed by atoms with E-state index in [1.54, 1.807) is 12.1 Å². The van der Waals surface area contributed by atoms with Crippen molar-refractivity contribution in [1.29, 1.82) is 0 Å². The normalized spacial score (nSPS) is 11.5. The number of hydrogen-bond donors (Lipinski definition) is 1. The second-order valence-corrected chi connectivity index (χ2v) is 4.97. The molecule has 0 fully saturated rings. The second-order valence-electron chi connectivity index (χ2n) is 4.54. The van der Waals surface area contributed by atoms with Gasteiger partial charge in [-0.25, -0.2) is 4.39 Å². The highest BCUT2D eigenvalue weighted by atomic mass is 35.5. The van der Waals surface area contributed by atoms with Gasteiger partial charge in [-0.15, -0.1) is 0 Å². The summed E-state index contributed by atoms with van der Waals surface area (Å²) in [5.74, 6) is -0.265. The molecule has 1 nitrogen and oxygen atoms in total. The Morgan fingerprint density at radius 1 is 1.36 bits per heavy atom. The van der Waals surface area contributed by atoms with Crippen molar-refractivity contribution in [3.05, 3.63) is 29.0 Å². The summed E-state index contributed by atoms with van der Waals surface area (Å²) in [5.41, 5.74) is 0.585. The highest BCUT2D eigenvalue weighted by Gasteiger charge is 2.11. The van der Waals surface area contributed by atoms with Crippen molar-refractivity contribution < 1.29 is 4.39 Å². The van der Waals surface area contributed by atoms with Gasteiger partial charge in [0.25, 0.3) is 0 Å². The molecule has 1 aromatic rings. The molecule has 0 atom stereocenters. The topological polar surface area (TPSA) is 12.0 Å². The fraction of sp³-hybridized carbons (Fsp3) is 0.455. The van der Waals surface area contributed by atoms with Crippen LogP contribution in [0.1, 0.15) is 20.8 Å². The molecule has 14 heavy (non-hydrogen) atoms. The van der Waals surface area contributed by atoms with Gasteiger partial charge in [0, 0.05) is 11.6 Å². The molecule has 0 aliphatic carbocycles. The average Bonchev–Trinajstić information content (AvgIpc) is 2.05. The molecule has 0 aromatic heterocycles. The van der Waals surface area contributed by atoms with Crippen LogP contribution in [0.5, 0.6) is 0 Å². The van der Waals surface area contributed by atoms with Gasteiger partial charge in [-0.2, -0.15) is 0 Å². The molecule has 0 spiro atoms. The molecular weight excluding hydrogens is 201 g/mol. The zero-order valence-corrected chi connectivity index (χ0v) is 9.45. The Kier molecular flexibility index (Phi) is 3.38. The molecule has 1 rings (SSSR count). The minimum Gasteiger partial charge on any atom is -0.382 e. The maximum atomic E-state index is 13.2. The van der Waals surface area contributed by atoms with E-state index in [0.29, 0.717) is 17.3 Å². The van der Waals surface area contributed by atoms with Gasteiger partial charge in [-0.05, 0) is 23.6 Å². The van der Waals surface area contributed by atoms with Gasteiger partial charge in [0.2, 0.25) is 0 Å². The van der Waals surface area contributed by atoms with Crippen molar-refractivity contribution in [2.45, 2.75) is 20.8 Å².